The minimum absolute atomic E-state index is 0.332. The lowest BCUT2D eigenvalue weighted by molar-refractivity contribution is 0.0449. The normalized spacial score (nSPS) is 14.4. The molecule has 0 aromatic carbocycles. The number of hydrogen-bond donors (Lipinski definition) is 0. The summed E-state index contributed by atoms with van der Waals surface area (Å²) in [7, 11) is 0. The van der Waals surface area contributed by atoms with E-state index in [0.29, 0.717) is 24.0 Å². The van der Waals surface area contributed by atoms with Gasteiger partial charge in [0.05, 0.1) is 13.2 Å². The Hall–Kier alpha value is 0.500. The molecule has 2 unspecified atom stereocenters. The van der Waals surface area contributed by atoms with Crippen LogP contribution < -0.4 is 0 Å². The van der Waals surface area contributed by atoms with Gasteiger partial charge < -0.3 is 9.47 Å². The molecule has 0 spiro atoms. The van der Waals surface area contributed by atoms with Crippen molar-refractivity contribution >= 4 is 23.2 Å². The van der Waals surface area contributed by atoms with Crippen LogP contribution in [0.5, 0.6) is 0 Å². The van der Waals surface area contributed by atoms with Gasteiger partial charge >= 0.3 is 0 Å². The zero-order valence-electron chi connectivity index (χ0n) is 13.2. The van der Waals surface area contributed by atoms with E-state index in [1.165, 1.54) is 0 Å². The fourth-order valence-electron chi connectivity index (χ4n) is 1.87. The van der Waals surface area contributed by atoms with Crippen molar-refractivity contribution < 1.29 is 9.47 Å². The van der Waals surface area contributed by atoms with E-state index >= 15 is 0 Å². The summed E-state index contributed by atoms with van der Waals surface area (Å²) >= 11 is 12.1. The Kier molecular flexibility index (Phi) is 16.3. The topological polar surface area (TPSA) is 18.5 Å². The van der Waals surface area contributed by atoms with E-state index in [2.05, 4.69) is 13.8 Å². The molecule has 0 aromatic rings. The first-order valence-corrected chi connectivity index (χ1v) is 9.01. The van der Waals surface area contributed by atoms with E-state index in [4.69, 9.17) is 32.7 Å². The molecule has 0 amide bonds. The van der Waals surface area contributed by atoms with E-state index in [1.54, 1.807) is 0 Å². The Morgan fingerprint density at radius 2 is 1.05 bits per heavy atom. The van der Waals surface area contributed by atoms with Crippen LogP contribution in [0.15, 0.2) is 0 Å². The first-order valence-electron chi connectivity index (χ1n) is 8.14. The van der Waals surface area contributed by atoms with Crippen molar-refractivity contribution in [1.29, 1.82) is 0 Å². The van der Waals surface area contributed by atoms with Crippen molar-refractivity contribution in [2.75, 3.05) is 26.4 Å². The maximum atomic E-state index is 6.05. The quantitative estimate of drug-likeness (QED) is 0.296. The van der Waals surface area contributed by atoms with Gasteiger partial charge in [0, 0.05) is 24.0 Å². The molecule has 0 aromatic heterocycles. The predicted octanol–water partition coefficient (Wildman–Crippen LogP) is 5.40. The van der Waals surface area contributed by atoms with Gasteiger partial charge in [-0.1, -0.05) is 13.8 Å². The summed E-state index contributed by atoms with van der Waals surface area (Å²) in [5, 5.41) is 0.664. The van der Waals surface area contributed by atoms with Crippen LogP contribution in [0.4, 0.5) is 0 Å². The average Bonchev–Trinajstić information content (AvgIpc) is 2.47. The standard InChI is InChI=1S/C16H32Cl2O2/c1-3-15(17)9-5-7-11-19-13-14-20-12-8-6-10-16(18)4-2/h15-16H,3-14H2,1-2H3. The van der Waals surface area contributed by atoms with Crippen LogP contribution >= 0.6 is 23.2 Å². The molecule has 0 N–H and O–H groups in total. The third-order valence-electron chi connectivity index (χ3n) is 3.37. The van der Waals surface area contributed by atoms with Crippen LogP contribution in [0.2, 0.25) is 0 Å². The molecule has 0 saturated heterocycles. The first kappa shape index (κ1) is 20.5. The van der Waals surface area contributed by atoms with E-state index in [1.807, 2.05) is 0 Å². The van der Waals surface area contributed by atoms with Crippen LogP contribution in [-0.2, 0) is 9.47 Å². The highest BCUT2D eigenvalue weighted by Crippen LogP contribution is 2.11. The number of ether oxygens (including phenoxy) is 2. The number of alkyl halides is 2. The number of unbranched alkanes of at least 4 members (excludes halogenated alkanes) is 2. The van der Waals surface area contributed by atoms with Gasteiger partial charge in [0.1, 0.15) is 0 Å². The van der Waals surface area contributed by atoms with Crippen LogP contribution in [-0.4, -0.2) is 37.2 Å². The molecule has 0 bridgehead atoms. The number of halogens is 2. The molecule has 0 heterocycles. The first-order chi connectivity index (χ1) is 9.70. The molecule has 0 saturated carbocycles. The Morgan fingerprint density at radius 1 is 0.650 bits per heavy atom. The second-order valence-corrected chi connectivity index (χ2v) is 6.46. The lowest BCUT2D eigenvalue weighted by Crippen LogP contribution is -2.07. The molecule has 0 aliphatic heterocycles. The minimum atomic E-state index is 0.332. The Bertz CT molecular complexity index is 171. The molecular formula is C16H32Cl2O2. The predicted molar refractivity (Wildman–Crippen MR) is 89.2 cm³/mol. The highest BCUT2D eigenvalue weighted by Gasteiger charge is 2.01. The second-order valence-electron chi connectivity index (χ2n) is 5.23. The van der Waals surface area contributed by atoms with Crippen molar-refractivity contribution in [2.24, 2.45) is 0 Å². The molecule has 0 fully saturated rings. The van der Waals surface area contributed by atoms with E-state index < -0.39 is 0 Å². The van der Waals surface area contributed by atoms with Crippen LogP contribution in [0.3, 0.4) is 0 Å². The van der Waals surface area contributed by atoms with E-state index in [9.17, 15) is 0 Å². The minimum Gasteiger partial charge on any atom is -0.379 e. The summed E-state index contributed by atoms with van der Waals surface area (Å²) in [5.41, 5.74) is 0. The van der Waals surface area contributed by atoms with Crippen LogP contribution in [0, 0.1) is 0 Å². The monoisotopic (exact) mass is 326 g/mol. The molecule has 122 valence electrons. The summed E-state index contributed by atoms with van der Waals surface area (Å²) in [5.74, 6) is 0. The van der Waals surface area contributed by atoms with Gasteiger partial charge in [0.15, 0.2) is 0 Å². The van der Waals surface area contributed by atoms with Crippen LogP contribution in [0.25, 0.3) is 0 Å². The summed E-state index contributed by atoms with van der Waals surface area (Å²) in [6, 6.07) is 0. The van der Waals surface area contributed by atoms with Crippen LogP contribution in [0.1, 0.15) is 65.2 Å². The zero-order valence-corrected chi connectivity index (χ0v) is 14.7. The van der Waals surface area contributed by atoms with Gasteiger partial charge in [0.2, 0.25) is 0 Å². The zero-order chi connectivity index (χ0) is 15.1. The van der Waals surface area contributed by atoms with E-state index in [-0.39, 0.29) is 0 Å². The molecule has 2 nitrogen and oxygen atoms in total. The molecule has 20 heavy (non-hydrogen) atoms. The highest BCUT2D eigenvalue weighted by molar-refractivity contribution is 6.20. The van der Waals surface area contributed by atoms with Gasteiger partial charge in [-0.3, -0.25) is 0 Å². The molecule has 0 radical (unpaired) electrons. The Morgan fingerprint density at radius 3 is 1.40 bits per heavy atom. The van der Waals surface area contributed by atoms with E-state index in [0.717, 1.165) is 64.6 Å². The Balaban J connectivity index is 3.03. The largest absolute Gasteiger partial charge is 0.379 e. The second kappa shape index (κ2) is 15.9. The van der Waals surface area contributed by atoms with Crippen molar-refractivity contribution in [3.05, 3.63) is 0 Å². The fraction of sp³-hybridized carbons (Fsp3) is 1.00. The lowest BCUT2D eigenvalue weighted by Gasteiger charge is -2.08. The molecular weight excluding hydrogens is 295 g/mol. The summed E-state index contributed by atoms with van der Waals surface area (Å²) in [6.45, 7) is 7.29. The van der Waals surface area contributed by atoms with Gasteiger partial charge in [-0.05, 0) is 51.4 Å². The number of hydrogen-bond acceptors (Lipinski definition) is 2. The highest BCUT2D eigenvalue weighted by atomic mass is 35.5. The molecule has 0 aliphatic carbocycles. The fourth-order valence-corrected chi connectivity index (χ4v) is 2.18. The van der Waals surface area contributed by atoms with Crippen molar-refractivity contribution in [2.45, 2.75) is 76.0 Å². The SMILES string of the molecule is CCC(Cl)CCCCOCCOCCCCC(Cl)CC. The smallest absolute Gasteiger partial charge is 0.0700 e. The van der Waals surface area contributed by atoms with Gasteiger partial charge in [-0.15, -0.1) is 23.2 Å². The average molecular weight is 327 g/mol. The third-order valence-corrected chi connectivity index (χ3v) is 4.42. The molecule has 0 aliphatic rings. The van der Waals surface area contributed by atoms with Crippen molar-refractivity contribution in [3.8, 4) is 0 Å². The third kappa shape index (κ3) is 14.9. The van der Waals surface area contributed by atoms with Crippen molar-refractivity contribution in [3.63, 3.8) is 0 Å². The summed E-state index contributed by atoms with van der Waals surface area (Å²) < 4.78 is 11.0. The molecule has 2 atom stereocenters. The maximum Gasteiger partial charge on any atom is 0.0700 e. The summed E-state index contributed by atoms with van der Waals surface area (Å²) in [4.78, 5) is 0. The summed E-state index contributed by atoms with van der Waals surface area (Å²) in [6.07, 6.45) is 8.79. The Labute approximate surface area is 135 Å². The number of rotatable bonds is 15. The van der Waals surface area contributed by atoms with Gasteiger partial charge in [0.25, 0.3) is 0 Å². The van der Waals surface area contributed by atoms with Gasteiger partial charge in [-0.25, -0.2) is 0 Å². The maximum absolute atomic E-state index is 6.05. The van der Waals surface area contributed by atoms with Gasteiger partial charge in [-0.2, -0.15) is 0 Å². The molecule has 0 rings (SSSR count). The molecule has 4 heteroatoms. The lowest BCUT2D eigenvalue weighted by atomic mass is 10.1. The van der Waals surface area contributed by atoms with Crippen molar-refractivity contribution in [1.82, 2.24) is 0 Å².